The summed E-state index contributed by atoms with van der Waals surface area (Å²) in [5.74, 6) is 0.251. The number of aliphatic hydroxyl groups is 1. The summed E-state index contributed by atoms with van der Waals surface area (Å²) in [5, 5.41) is 20.2. The molecule has 18 heavy (non-hydrogen) atoms. The van der Waals surface area contributed by atoms with Crippen LogP contribution < -0.4 is 10.1 Å². The predicted molar refractivity (Wildman–Crippen MR) is 66.0 cm³/mol. The van der Waals surface area contributed by atoms with Crippen LogP contribution in [0.5, 0.6) is 5.75 Å². The van der Waals surface area contributed by atoms with Crippen molar-refractivity contribution < 1.29 is 14.6 Å². The minimum Gasteiger partial charge on any atom is -0.484 e. The molecular weight excluding hydrogens is 232 g/mol. The van der Waals surface area contributed by atoms with E-state index in [4.69, 9.17) is 15.1 Å². The molecule has 0 fully saturated rings. The molecule has 1 rings (SSSR count). The first-order valence-electron chi connectivity index (χ1n) is 5.72. The summed E-state index contributed by atoms with van der Waals surface area (Å²) in [6.45, 7) is 1.68. The van der Waals surface area contributed by atoms with E-state index in [1.807, 2.05) is 13.0 Å². The Morgan fingerprint density at radius 2 is 2.17 bits per heavy atom. The Hall–Kier alpha value is -2.06. The zero-order valence-corrected chi connectivity index (χ0v) is 10.2. The van der Waals surface area contributed by atoms with Crippen LogP contribution in [-0.4, -0.2) is 30.3 Å². The number of amides is 1. The Labute approximate surface area is 106 Å². The lowest BCUT2D eigenvalue weighted by Crippen LogP contribution is -2.39. The van der Waals surface area contributed by atoms with E-state index in [2.05, 4.69) is 5.32 Å². The van der Waals surface area contributed by atoms with Crippen molar-refractivity contribution in [2.24, 2.45) is 0 Å². The van der Waals surface area contributed by atoms with Crippen LogP contribution in [0.25, 0.3) is 0 Å². The molecule has 0 heterocycles. The van der Waals surface area contributed by atoms with Crippen LogP contribution in [-0.2, 0) is 4.79 Å². The van der Waals surface area contributed by atoms with Crippen molar-refractivity contribution in [2.75, 3.05) is 13.2 Å². The monoisotopic (exact) mass is 248 g/mol. The second-order valence-corrected chi connectivity index (χ2v) is 3.78. The molecule has 1 atom stereocenters. The van der Waals surface area contributed by atoms with Crippen LogP contribution in [0, 0.1) is 11.3 Å². The number of nitrogens with zero attached hydrogens (tertiary/aromatic N) is 1. The second-order valence-electron chi connectivity index (χ2n) is 3.78. The Bertz CT molecular complexity index is 419. The quantitative estimate of drug-likeness (QED) is 0.781. The lowest BCUT2D eigenvalue weighted by atomic mass is 10.2. The molecule has 0 saturated heterocycles. The largest absolute Gasteiger partial charge is 0.484 e. The summed E-state index contributed by atoms with van der Waals surface area (Å²) in [6, 6.07) is 8.27. The maximum atomic E-state index is 11.5. The molecule has 5 nitrogen and oxygen atoms in total. The van der Waals surface area contributed by atoms with Crippen LogP contribution in [0.1, 0.15) is 18.9 Å². The van der Waals surface area contributed by atoms with Crippen LogP contribution in [0.4, 0.5) is 0 Å². The van der Waals surface area contributed by atoms with Crippen LogP contribution in [0.3, 0.4) is 0 Å². The molecule has 0 radical (unpaired) electrons. The van der Waals surface area contributed by atoms with E-state index in [0.29, 0.717) is 17.7 Å². The van der Waals surface area contributed by atoms with Gasteiger partial charge in [-0.3, -0.25) is 4.79 Å². The number of carbonyl (C=O) groups is 1. The van der Waals surface area contributed by atoms with Gasteiger partial charge in [-0.15, -0.1) is 0 Å². The molecule has 1 aromatic rings. The normalized spacial score (nSPS) is 11.4. The van der Waals surface area contributed by atoms with Crippen molar-refractivity contribution in [3.8, 4) is 11.8 Å². The number of hydrogen-bond donors (Lipinski definition) is 2. The summed E-state index contributed by atoms with van der Waals surface area (Å²) in [6.07, 6.45) is 0.666. The fourth-order valence-corrected chi connectivity index (χ4v) is 1.32. The third-order valence-electron chi connectivity index (χ3n) is 2.43. The molecule has 0 saturated carbocycles. The van der Waals surface area contributed by atoms with Gasteiger partial charge in [0.25, 0.3) is 5.91 Å². The number of aliphatic hydroxyl groups excluding tert-OH is 1. The maximum absolute atomic E-state index is 11.5. The lowest BCUT2D eigenvalue weighted by molar-refractivity contribution is -0.124. The molecule has 0 spiro atoms. The zero-order chi connectivity index (χ0) is 13.4. The molecule has 1 unspecified atom stereocenters. The molecule has 0 aliphatic rings. The van der Waals surface area contributed by atoms with Gasteiger partial charge in [0, 0.05) is 0 Å². The lowest BCUT2D eigenvalue weighted by Gasteiger charge is -2.14. The number of ether oxygens (including phenoxy) is 1. The Morgan fingerprint density at radius 1 is 1.50 bits per heavy atom. The summed E-state index contributed by atoms with van der Waals surface area (Å²) in [5.41, 5.74) is 0.540. The summed E-state index contributed by atoms with van der Waals surface area (Å²) >= 11 is 0. The molecule has 0 aliphatic heterocycles. The van der Waals surface area contributed by atoms with Crippen molar-refractivity contribution >= 4 is 5.91 Å². The number of hydrogen-bond acceptors (Lipinski definition) is 4. The van der Waals surface area contributed by atoms with Crippen molar-refractivity contribution in [1.82, 2.24) is 5.32 Å². The van der Waals surface area contributed by atoms with Gasteiger partial charge < -0.3 is 15.2 Å². The molecule has 5 heteroatoms. The van der Waals surface area contributed by atoms with E-state index in [9.17, 15) is 4.79 Å². The highest BCUT2D eigenvalue weighted by molar-refractivity contribution is 5.77. The predicted octanol–water partition coefficient (Wildman–Crippen LogP) is 0.824. The number of carbonyl (C=O) groups excluding carboxylic acids is 1. The van der Waals surface area contributed by atoms with Crippen molar-refractivity contribution in [3.63, 3.8) is 0 Å². The Balaban J connectivity index is 2.40. The van der Waals surface area contributed by atoms with Crippen molar-refractivity contribution in [3.05, 3.63) is 29.8 Å². The minimum atomic E-state index is -0.278. The van der Waals surface area contributed by atoms with E-state index in [0.717, 1.165) is 0 Å². The van der Waals surface area contributed by atoms with Gasteiger partial charge in [-0.25, -0.2) is 0 Å². The highest BCUT2D eigenvalue weighted by Gasteiger charge is 2.09. The van der Waals surface area contributed by atoms with Gasteiger partial charge in [-0.05, 0) is 30.7 Å². The third kappa shape index (κ3) is 4.44. The summed E-state index contributed by atoms with van der Waals surface area (Å²) in [4.78, 5) is 11.5. The van der Waals surface area contributed by atoms with Gasteiger partial charge in [0.05, 0.1) is 24.3 Å². The third-order valence-corrected chi connectivity index (χ3v) is 2.43. The highest BCUT2D eigenvalue weighted by atomic mass is 16.5. The molecule has 2 N–H and O–H groups in total. The van der Waals surface area contributed by atoms with Gasteiger partial charge in [0.2, 0.25) is 0 Å². The van der Waals surface area contributed by atoms with Gasteiger partial charge in [0.15, 0.2) is 6.61 Å². The van der Waals surface area contributed by atoms with E-state index >= 15 is 0 Å². The van der Waals surface area contributed by atoms with Crippen LogP contribution in [0.15, 0.2) is 24.3 Å². The molecule has 0 aliphatic carbocycles. The standard InChI is InChI=1S/C13H16N2O3/c1-2-11(8-16)15-13(17)9-18-12-5-3-10(7-14)4-6-12/h3-6,11,16H,2,8-9H2,1H3,(H,15,17). The van der Waals surface area contributed by atoms with E-state index in [1.54, 1.807) is 24.3 Å². The maximum Gasteiger partial charge on any atom is 0.258 e. The van der Waals surface area contributed by atoms with Crippen molar-refractivity contribution in [1.29, 1.82) is 5.26 Å². The topological polar surface area (TPSA) is 82.3 Å². The Kier molecular flexibility index (Phi) is 5.68. The van der Waals surface area contributed by atoms with Crippen LogP contribution in [0.2, 0.25) is 0 Å². The fourth-order valence-electron chi connectivity index (χ4n) is 1.32. The van der Waals surface area contributed by atoms with E-state index in [1.165, 1.54) is 0 Å². The average Bonchev–Trinajstić information content (AvgIpc) is 2.43. The number of benzene rings is 1. The smallest absolute Gasteiger partial charge is 0.258 e. The summed E-state index contributed by atoms with van der Waals surface area (Å²) < 4.78 is 5.25. The van der Waals surface area contributed by atoms with Gasteiger partial charge in [-0.2, -0.15) is 5.26 Å². The first-order valence-corrected chi connectivity index (χ1v) is 5.72. The SMILES string of the molecule is CCC(CO)NC(=O)COc1ccc(C#N)cc1. The number of rotatable bonds is 6. The minimum absolute atomic E-state index is 0.0842. The molecular formula is C13H16N2O3. The van der Waals surface area contributed by atoms with Gasteiger partial charge in [-0.1, -0.05) is 6.92 Å². The number of nitrogens with one attached hydrogen (secondary N) is 1. The highest BCUT2D eigenvalue weighted by Crippen LogP contribution is 2.11. The van der Waals surface area contributed by atoms with Crippen molar-refractivity contribution in [2.45, 2.75) is 19.4 Å². The van der Waals surface area contributed by atoms with Gasteiger partial charge in [0.1, 0.15) is 5.75 Å². The molecule has 1 aromatic carbocycles. The average molecular weight is 248 g/mol. The molecule has 0 bridgehead atoms. The zero-order valence-electron chi connectivity index (χ0n) is 10.2. The van der Waals surface area contributed by atoms with E-state index < -0.39 is 0 Å². The summed E-state index contributed by atoms with van der Waals surface area (Å²) in [7, 11) is 0. The Morgan fingerprint density at radius 3 is 2.67 bits per heavy atom. The molecule has 0 aromatic heterocycles. The fraction of sp³-hybridized carbons (Fsp3) is 0.385. The van der Waals surface area contributed by atoms with Gasteiger partial charge >= 0.3 is 0 Å². The second kappa shape index (κ2) is 7.30. The van der Waals surface area contributed by atoms with E-state index in [-0.39, 0.29) is 25.2 Å². The number of nitriles is 1. The molecule has 96 valence electrons. The first kappa shape index (κ1) is 14.0. The molecule has 1 amide bonds. The van der Waals surface area contributed by atoms with Crippen LogP contribution >= 0.6 is 0 Å². The first-order chi connectivity index (χ1) is 8.69.